The van der Waals surface area contributed by atoms with E-state index in [1.165, 1.54) is 0 Å². The molecule has 1 amide bonds. The normalized spacial score (nSPS) is 15.8. The summed E-state index contributed by atoms with van der Waals surface area (Å²) in [5, 5.41) is 15.2. The summed E-state index contributed by atoms with van der Waals surface area (Å²) in [5.74, 6) is 0.289. The molecule has 2 unspecified atom stereocenters. The van der Waals surface area contributed by atoms with Gasteiger partial charge in [0, 0.05) is 18.0 Å². The monoisotopic (exact) mass is 244 g/mol. The molecule has 0 aliphatic carbocycles. The van der Waals surface area contributed by atoms with Gasteiger partial charge in [0.05, 0.1) is 6.10 Å². The molecule has 17 heavy (non-hydrogen) atoms. The SMILES string of the molecule is CNC(C)(C)CC(C(=O)NCC(C)O)C(C)C. The highest BCUT2D eigenvalue weighted by Crippen LogP contribution is 2.23. The van der Waals surface area contributed by atoms with Gasteiger partial charge in [0.15, 0.2) is 0 Å². The van der Waals surface area contributed by atoms with Crippen molar-refractivity contribution in [2.75, 3.05) is 13.6 Å². The van der Waals surface area contributed by atoms with Gasteiger partial charge in [-0.2, -0.15) is 0 Å². The Morgan fingerprint density at radius 1 is 1.29 bits per heavy atom. The van der Waals surface area contributed by atoms with E-state index in [1.54, 1.807) is 6.92 Å². The first-order chi connectivity index (χ1) is 7.69. The number of carbonyl (C=O) groups excluding carboxylic acids is 1. The molecule has 0 fully saturated rings. The molecule has 102 valence electrons. The van der Waals surface area contributed by atoms with E-state index in [4.69, 9.17) is 0 Å². The minimum absolute atomic E-state index is 0.0313. The molecule has 0 heterocycles. The van der Waals surface area contributed by atoms with Gasteiger partial charge >= 0.3 is 0 Å². The average molecular weight is 244 g/mol. The summed E-state index contributed by atoms with van der Waals surface area (Å²) in [6, 6.07) is 0. The van der Waals surface area contributed by atoms with E-state index in [-0.39, 0.29) is 23.3 Å². The van der Waals surface area contributed by atoms with Crippen LogP contribution in [0.4, 0.5) is 0 Å². The number of amides is 1. The van der Waals surface area contributed by atoms with Crippen molar-refractivity contribution in [3.63, 3.8) is 0 Å². The van der Waals surface area contributed by atoms with Gasteiger partial charge in [-0.05, 0) is 40.2 Å². The second-order valence-corrected chi connectivity index (χ2v) is 5.78. The van der Waals surface area contributed by atoms with Crippen LogP contribution in [0, 0.1) is 11.8 Å². The molecule has 0 saturated carbocycles. The Morgan fingerprint density at radius 2 is 1.82 bits per heavy atom. The van der Waals surface area contributed by atoms with Crippen LogP contribution in [0.5, 0.6) is 0 Å². The topological polar surface area (TPSA) is 61.4 Å². The van der Waals surface area contributed by atoms with Crippen LogP contribution < -0.4 is 10.6 Å². The van der Waals surface area contributed by atoms with Gasteiger partial charge in [0.1, 0.15) is 0 Å². The first-order valence-electron chi connectivity index (χ1n) is 6.34. The molecule has 0 radical (unpaired) electrons. The molecule has 3 N–H and O–H groups in total. The summed E-state index contributed by atoms with van der Waals surface area (Å²) < 4.78 is 0. The molecule has 0 bridgehead atoms. The minimum Gasteiger partial charge on any atom is -0.392 e. The lowest BCUT2D eigenvalue weighted by atomic mass is 9.83. The minimum atomic E-state index is -0.496. The van der Waals surface area contributed by atoms with Crippen molar-refractivity contribution >= 4 is 5.91 Å². The van der Waals surface area contributed by atoms with Gasteiger partial charge in [-0.15, -0.1) is 0 Å². The first kappa shape index (κ1) is 16.4. The van der Waals surface area contributed by atoms with E-state index in [0.717, 1.165) is 6.42 Å². The molecule has 0 aromatic rings. The van der Waals surface area contributed by atoms with E-state index in [1.807, 2.05) is 7.05 Å². The fraction of sp³-hybridized carbons (Fsp3) is 0.923. The van der Waals surface area contributed by atoms with Crippen molar-refractivity contribution in [3.8, 4) is 0 Å². The molecule has 4 nitrogen and oxygen atoms in total. The second kappa shape index (κ2) is 6.97. The van der Waals surface area contributed by atoms with Gasteiger partial charge in [-0.3, -0.25) is 4.79 Å². The highest BCUT2D eigenvalue weighted by Gasteiger charge is 2.29. The van der Waals surface area contributed by atoms with Crippen molar-refractivity contribution in [3.05, 3.63) is 0 Å². The van der Waals surface area contributed by atoms with Gasteiger partial charge < -0.3 is 15.7 Å². The lowest BCUT2D eigenvalue weighted by Gasteiger charge is -2.31. The van der Waals surface area contributed by atoms with Gasteiger partial charge in [-0.1, -0.05) is 13.8 Å². The van der Waals surface area contributed by atoms with E-state index in [0.29, 0.717) is 6.54 Å². The first-order valence-corrected chi connectivity index (χ1v) is 6.34. The molecule has 0 spiro atoms. The van der Waals surface area contributed by atoms with Crippen LogP contribution in [-0.2, 0) is 4.79 Å². The highest BCUT2D eigenvalue weighted by atomic mass is 16.3. The summed E-state index contributed by atoms with van der Waals surface area (Å²) in [6.45, 7) is 10.3. The van der Waals surface area contributed by atoms with Crippen LogP contribution in [0.15, 0.2) is 0 Å². The van der Waals surface area contributed by atoms with E-state index < -0.39 is 6.10 Å². The van der Waals surface area contributed by atoms with Crippen molar-refractivity contribution in [1.82, 2.24) is 10.6 Å². The van der Waals surface area contributed by atoms with Crippen LogP contribution in [0.1, 0.15) is 41.0 Å². The molecule has 0 saturated heterocycles. The highest BCUT2D eigenvalue weighted by molar-refractivity contribution is 5.79. The van der Waals surface area contributed by atoms with Crippen LogP contribution in [0.25, 0.3) is 0 Å². The molecule has 0 aliphatic rings. The third-order valence-electron chi connectivity index (χ3n) is 3.12. The van der Waals surface area contributed by atoms with Crippen molar-refractivity contribution in [1.29, 1.82) is 0 Å². The molecule has 0 aromatic heterocycles. The molecular weight excluding hydrogens is 216 g/mol. The number of aliphatic hydroxyl groups excluding tert-OH is 1. The van der Waals surface area contributed by atoms with E-state index in [9.17, 15) is 9.90 Å². The van der Waals surface area contributed by atoms with Crippen LogP contribution in [0.2, 0.25) is 0 Å². The maximum absolute atomic E-state index is 12.0. The maximum Gasteiger partial charge on any atom is 0.223 e. The van der Waals surface area contributed by atoms with Crippen LogP contribution in [-0.4, -0.2) is 36.2 Å². The average Bonchev–Trinajstić information content (AvgIpc) is 2.22. The lowest BCUT2D eigenvalue weighted by molar-refractivity contribution is -0.127. The Balaban J connectivity index is 4.47. The van der Waals surface area contributed by atoms with Crippen LogP contribution >= 0.6 is 0 Å². The Morgan fingerprint density at radius 3 is 2.18 bits per heavy atom. The lowest BCUT2D eigenvalue weighted by Crippen LogP contribution is -2.44. The standard InChI is InChI=1S/C13H28N2O2/c1-9(2)11(7-13(4,5)14-6)12(17)15-8-10(3)16/h9-11,14,16H,7-8H2,1-6H3,(H,15,17). The Hall–Kier alpha value is -0.610. The zero-order valence-corrected chi connectivity index (χ0v) is 12.0. The molecule has 0 aromatic carbocycles. The third kappa shape index (κ3) is 6.64. The summed E-state index contributed by atoms with van der Waals surface area (Å²) in [5.41, 5.74) is -0.0584. The predicted octanol–water partition coefficient (Wildman–Crippen LogP) is 1.14. The Bertz CT molecular complexity index is 238. The van der Waals surface area contributed by atoms with Gasteiger partial charge in [0.25, 0.3) is 0 Å². The second-order valence-electron chi connectivity index (χ2n) is 5.78. The summed E-state index contributed by atoms with van der Waals surface area (Å²) in [4.78, 5) is 12.0. The fourth-order valence-electron chi connectivity index (χ4n) is 1.66. The quantitative estimate of drug-likeness (QED) is 0.629. The molecule has 4 heteroatoms. The number of aliphatic hydroxyl groups is 1. The third-order valence-corrected chi connectivity index (χ3v) is 3.12. The maximum atomic E-state index is 12.0. The number of hydrogen-bond acceptors (Lipinski definition) is 3. The predicted molar refractivity (Wildman–Crippen MR) is 70.8 cm³/mol. The molecular formula is C13H28N2O2. The van der Waals surface area contributed by atoms with E-state index >= 15 is 0 Å². The van der Waals surface area contributed by atoms with Crippen LogP contribution in [0.3, 0.4) is 0 Å². The fourth-order valence-corrected chi connectivity index (χ4v) is 1.66. The smallest absolute Gasteiger partial charge is 0.223 e. The molecule has 2 atom stereocenters. The Kier molecular flexibility index (Phi) is 6.72. The van der Waals surface area contributed by atoms with E-state index in [2.05, 4.69) is 38.3 Å². The summed E-state index contributed by atoms with van der Waals surface area (Å²) in [6.07, 6.45) is 0.288. The number of carbonyl (C=O) groups is 1. The molecule has 0 aliphatic heterocycles. The summed E-state index contributed by atoms with van der Waals surface area (Å²) in [7, 11) is 1.91. The van der Waals surface area contributed by atoms with Crippen molar-refractivity contribution in [2.45, 2.75) is 52.7 Å². The number of hydrogen-bond donors (Lipinski definition) is 3. The summed E-state index contributed by atoms with van der Waals surface area (Å²) >= 11 is 0. The zero-order valence-electron chi connectivity index (χ0n) is 12.0. The number of rotatable bonds is 7. The molecule has 0 rings (SSSR count). The van der Waals surface area contributed by atoms with Gasteiger partial charge in [-0.25, -0.2) is 0 Å². The Labute approximate surface area is 105 Å². The van der Waals surface area contributed by atoms with Crippen molar-refractivity contribution < 1.29 is 9.90 Å². The largest absolute Gasteiger partial charge is 0.392 e. The number of nitrogens with one attached hydrogen (secondary N) is 2. The van der Waals surface area contributed by atoms with Gasteiger partial charge in [0.2, 0.25) is 5.91 Å². The van der Waals surface area contributed by atoms with Crippen molar-refractivity contribution in [2.24, 2.45) is 11.8 Å². The zero-order chi connectivity index (χ0) is 13.6.